The van der Waals surface area contributed by atoms with Crippen molar-refractivity contribution in [3.63, 3.8) is 0 Å². The van der Waals surface area contributed by atoms with Crippen molar-refractivity contribution in [3.8, 4) is 5.69 Å². The van der Waals surface area contributed by atoms with Crippen molar-refractivity contribution < 1.29 is 9.18 Å². The lowest BCUT2D eigenvalue weighted by atomic mass is 10.2. The summed E-state index contributed by atoms with van der Waals surface area (Å²) in [6.45, 7) is 3.63. The molecule has 0 unspecified atom stereocenters. The van der Waals surface area contributed by atoms with Gasteiger partial charge in [-0.2, -0.15) is 5.10 Å². The average molecular weight is 402 g/mol. The standard InChI is InChI=1S/C18H13ClFN5OS/c1-9-8-27-18(22-9)23-17(26)13-7-21-16-14(15(13)19)10(2)24-25(16)12-5-3-11(20)4-6-12/h3-8H,1-2H3,(H,22,23,26). The maximum absolute atomic E-state index is 13.2. The quantitative estimate of drug-likeness (QED) is 0.547. The van der Waals surface area contributed by atoms with E-state index in [0.717, 1.165) is 5.69 Å². The van der Waals surface area contributed by atoms with E-state index in [1.807, 2.05) is 12.3 Å². The Morgan fingerprint density at radius 1 is 1.26 bits per heavy atom. The molecule has 0 aliphatic heterocycles. The normalized spacial score (nSPS) is 11.1. The number of rotatable bonds is 3. The molecule has 0 aliphatic rings. The van der Waals surface area contributed by atoms with E-state index >= 15 is 0 Å². The van der Waals surface area contributed by atoms with Gasteiger partial charge in [0.25, 0.3) is 5.91 Å². The van der Waals surface area contributed by atoms with Gasteiger partial charge in [0.2, 0.25) is 0 Å². The van der Waals surface area contributed by atoms with Gasteiger partial charge < -0.3 is 0 Å². The van der Waals surface area contributed by atoms with Crippen LogP contribution in [0, 0.1) is 19.7 Å². The molecule has 3 heterocycles. The summed E-state index contributed by atoms with van der Waals surface area (Å²) in [6, 6.07) is 5.89. The van der Waals surface area contributed by atoms with Gasteiger partial charge in [-0.05, 0) is 38.1 Å². The molecule has 4 rings (SSSR count). The molecule has 0 saturated heterocycles. The number of amides is 1. The minimum absolute atomic E-state index is 0.235. The summed E-state index contributed by atoms with van der Waals surface area (Å²) in [4.78, 5) is 21.2. The minimum Gasteiger partial charge on any atom is -0.298 e. The fourth-order valence-corrected chi connectivity index (χ4v) is 3.74. The monoisotopic (exact) mass is 401 g/mol. The molecule has 0 saturated carbocycles. The molecule has 1 amide bonds. The second-order valence-corrected chi connectivity index (χ2v) is 7.14. The number of thiazole rings is 1. The van der Waals surface area contributed by atoms with Gasteiger partial charge in [-0.1, -0.05) is 11.6 Å². The van der Waals surface area contributed by atoms with Crippen LogP contribution in [0.25, 0.3) is 16.7 Å². The van der Waals surface area contributed by atoms with Crippen LogP contribution in [0.15, 0.2) is 35.8 Å². The van der Waals surface area contributed by atoms with Gasteiger partial charge in [0.05, 0.1) is 33.0 Å². The van der Waals surface area contributed by atoms with Gasteiger partial charge in [-0.3, -0.25) is 10.1 Å². The maximum atomic E-state index is 13.2. The predicted octanol–water partition coefficient (Wildman–Crippen LogP) is 4.54. The first-order valence-corrected chi connectivity index (χ1v) is 9.23. The fourth-order valence-electron chi connectivity index (χ4n) is 2.70. The Bertz CT molecular complexity index is 1170. The zero-order valence-corrected chi connectivity index (χ0v) is 15.9. The lowest BCUT2D eigenvalue weighted by molar-refractivity contribution is 0.102. The summed E-state index contributed by atoms with van der Waals surface area (Å²) in [5.74, 6) is -0.730. The van der Waals surface area contributed by atoms with E-state index in [9.17, 15) is 9.18 Å². The first-order chi connectivity index (χ1) is 12.9. The van der Waals surface area contributed by atoms with Crippen molar-refractivity contribution in [1.82, 2.24) is 19.7 Å². The second-order valence-electron chi connectivity index (χ2n) is 5.91. The number of benzene rings is 1. The molecule has 0 aliphatic carbocycles. The van der Waals surface area contributed by atoms with Crippen molar-refractivity contribution in [1.29, 1.82) is 0 Å². The highest BCUT2D eigenvalue weighted by molar-refractivity contribution is 7.13. The molecule has 0 bridgehead atoms. The first-order valence-electron chi connectivity index (χ1n) is 7.97. The Morgan fingerprint density at radius 3 is 2.67 bits per heavy atom. The molecule has 136 valence electrons. The molecule has 1 aromatic carbocycles. The third-order valence-electron chi connectivity index (χ3n) is 3.96. The number of anilines is 1. The van der Waals surface area contributed by atoms with Crippen molar-refractivity contribution in [2.24, 2.45) is 0 Å². The number of pyridine rings is 1. The molecular formula is C18H13ClFN5OS. The molecule has 0 atom stereocenters. The molecule has 0 spiro atoms. The Morgan fingerprint density at radius 2 is 2.00 bits per heavy atom. The largest absolute Gasteiger partial charge is 0.298 e. The Balaban J connectivity index is 1.77. The predicted molar refractivity (Wildman–Crippen MR) is 103 cm³/mol. The lowest BCUT2D eigenvalue weighted by Crippen LogP contribution is -2.13. The minimum atomic E-state index is -0.391. The van der Waals surface area contributed by atoms with Crippen molar-refractivity contribution in [3.05, 3.63) is 63.6 Å². The van der Waals surface area contributed by atoms with Crippen LogP contribution in [0.5, 0.6) is 0 Å². The molecule has 3 aromatic heterocycles. The van der Waals surface area contributed by atoms with Gasteiger partial charge in [-0.25, -0.2) is 19.0 Å². The maximum Gasteiger partial charge on any atom is 0.260 e. The Hall–Kier alpha value is -2.84. The van der Waals surface area contributed by atoms with E-state index in [0.29, 0.717) is 27.5 Å². The van der Waals surface area contributed by atoms with E-state index in [2.05, 4.69) is 20.4 Å². The van der Waals surface area contributed by atoms with Gasteiger partial charge >= 0.3 is 0 Å². The highest BCUT2D eigenvalue weighted by Crippen LogP contribution is 2.30. The van der Waals surface area contributed by atoms with Gasteiger partial charge in [0.15, 0.2) is 10.8 Å². The number of nitrogens with zero attached hydrogens (tertiary/aromatic N) is 4. The summed E-state index contributed by atoms with van der Waals surface area (Å²) in [6.07, 6.45) is 1.40. The zero-order chi connectivity index (χ0) is 19.1. The summed E-state index contributed by atoms with van der Waals surface area (Å²) >= 11 is 7.84. The van der Waals surface area contributed by atoms with Crippen LogP contribution in [0.1, 0.15) is 21.7 Å². The van der Waals surface area contributed by atoms with E-state index in [1.54, 1.807) is 23.7 Å². The number of aryl methyl sites for hydroxylation is 2. The lowest BCUT2D eigenvalue weighted by Gasteiger charge is -2.06. The van der Waals surface area contributed by atoms with Crippen LogP contribution in [-0.2, 0) is 0 Å². The topological polar surface area (TPSA) is 72.7 Å². The molecular weight excluding hydrogens is 389 g/mol. The Kier molecular flexibility index (Phi) is 4.37. The molecule has 1 N–H and O–H groups in total. The van der Waals surface area contributed by atoms with Crippen LogP contribution in [-0.4, -0.2) is 25.7 Å². The summed E-state index contributed by atoms with van der Waals surface area (Å²) in [5, 5.41) is 10.3. The van der Waals surface area contributed by atoms with Crippen LogP contribution in [0.3, 0.4) is 0 Å². The van der Waals surface area contributed by atoms with E-state index in [-0.39, 0.29) is 16.4 Å². The number of carbonyl (C=O) groups is 1. The number of carbonyl (C=O) groups excluding carboxylic acids is 1. The summed E-state index contributed by atoms with van der Waals surface area (Å²) < 4.78 is 14.8. The highest BCUT2D eigenvalue weighted by Gasteiger charge is 2.20. The molecule has 27 heavy (non-hydrogen) atoms. The highest BCUT2D eigenvalue weighted by atomic mass is 35.5. The molecule has 6 nitrogen and oxygen atoms in total. The van der Waals surface area contributed by atoms with E-state index in [1.165, 1.54) is 29.7 Å². The van der Waals surface area contributed by atoms with E-state index < -0.39 is 5.91 Å². The third kappa shape index (κ3) is 3.17. The molecule has 0 fully saturated rings. The van der Waals surface area contributed by atoms with E-state index in [4.69, 9.17) is 11.6 Å². The average Bonchev–Trinajstić information content (AvgIpc) is 3.19. The smallest absolute Gasteiger partial charge is 0.260 e. The van der Waals surface area contributed by atoms with Gasteiger partial charge in [0, 0.05) is 11.6 Å². The third-order valence-corrected chi connectivity index (χ3v) is 5.23. The van der Waals surface area contributed by atoms with Gasteiger partial charge in [0.1, 0.15) is 5.82 Å². The zero-order valence-electron chi connectivity index (χ0n) is 14.3. The van der Waals surface area contributed by atoms with Crippen molar-refractivity contribution in [2.45, 2.75) is 13.8 Å². The summed E-state index contributed by atoms with van der Waals surface area (Å²) in [5.41, 5.74) is 2.82. The number of nitrogens with one attached hydrogen (secondary N) is 1. The van der Waals surface area contributed by atoms with Crippen LogP contribution >= 0.6 is 22.9 Å². The van der Waals surface area contributed by atoms with Crippen LogP contribution in [0.4, 0.5) is 9.52 Å². The molecule has 0 radical (unpaired) electrons. The number of fused-ring (bicyclic) bond motifs is 1. The number of aromatic nitrogens is 4. The molecule has 4 aromatic rings. The Labute approximate surface area is 162 Å². The van der Waals surface area contributed by atoms with Crippen LogP contribution in [0.2, 0.25) is 5.02 Å². The number of hydrogen-bond acceptors (Lipinski definition) is 5. The first kappa shape index (κ1) is 17.6. The second kappa shape index (κ2) is 6.71. The summed E-state index contributed by atoms with van der Waals surface area (Å²) in [7, 11) is 0. The van der Waals surface area contributed by atoms with Crippen molar-refractivity contribution >= 4 is 45.0 Å². The SMILES string of the molecule is Cc1csc(NC(=O)c2cnc3c(c(C)nn3-c3ccc(F)cc3)c2Cl)n1. The van der Waals surface area contributed by atoms with Crippen molar-refractivity contribution in [2.75, 3.05) is 5.32 Å². The van der Waals surface area contributed by atoms with Gasteiger partial charge in [-0.15, -0.1) is 11.3 Å². The molecule has 9 heteroatoms. The number of hydrogen-bond donors (Lipinski definition) is 1. The van der Waals surface area contributed by atoms with Crippen LogP contribution < -0.4 is 5.32 Å². The fraction of sp³-hybridized carbons (Fsp3) is 0.111. The number of halogens is 2.